The van der Waals surface area contributed by atoms with Crippen molar-refractivity contribution in [3.8, 4) is 0 Å². The van der Waals surface area contributed by atoms with E-state index in [1.54, 1.807) is 0 Å². The van der Waals surface area contributed by atoms with Crippen molar-refractivity contribution in [3.05, 3.63) is 0 Å². The Kier molecular flexibility index (Phi) is 9.76. The number of rotatable bonds is 8. The summed E-state index contributed by atoms with van der Waals surface area (Å²) in [4.78, 5) is 0. The van der Waals surface area contributed by atoms with Crippen molar-refractivity contribution in [1.29, 1.82) is 0 Å². The van der Waals surface area contributed by atoms with Gasteiger partial charge in [-0.2, -0.15) is 0 Å². The summed E-state index contributed by atoms with van der Waals surface area (Å²) < 4.78 is 0. The van der Waals surface area contributed by atoms with Gasteiger partial charge in [0.2, 0.25) is 0 Å². The maximum Gasteiger partial charge on any atom is 0.0123 e. The van der Waals surface area contributed by atoms with Gasteiger partial charge in [0.05, 0.1) is 0 Å². The molecule has 0 N–H and O–H groups in total. The largest absolute Gasteiger partial charge is 0.0908 e. The van der Waals surface area contributed by atoms with E-state index in [2.05, 4.69) is 49.3 Å². The average Bonchev–Trinajstić information content (AvgIpc) is 2.14. The Hall–Kier alpha value is 0.700. The molecule has 0 aromatic carbocycles. The van der Waals surface area contributed by atoms with Crippen molar-refractivity contribution >= 4 is 21.6 Å². The highest BCUT2D eigenvalue weighted by molar-refractivity contribution is 8.77. The monoisotopic (exact) mass is 220 g/mol. The molecule has 0 radical (unpaired) electrons. The summed E-state index contributed by atoms with van der Waals surface area (Å²) in [5, 5.41) is 1.66. The molecule has 2 unspecified atom stereocenters. The predicted molar refractivity (Wildman–Crippen MR) is 68.5 cm³/mol. The van der Waals surface area contributed by atoms with Gasteiger partial charge in [-0.05, 0) is 12.8 Å². The summed E-state index contributed by atoms with van der Waals surface area (Å²) in [6, 6.07) is 0. The fourth-order valence-corrected chi connectivity index (χ4v) is 3.60. The smallest absolute Gasteiger partial charge is 0.0123 e. The third-order valence-electron chi connectivity index (χ3n) is 2.17. The fourth-order valence-electron chi connectivity index (χ4n) is 0.988. The van der Waals surface area contributed by atoms with Crippen LogP contribution >= 0.6 is 21.6 Å². The Morgan fingerprint density at radius 2 is 1.54 bits per heavy atom. The van der Waals surface area contributed by atoms with Crippen LogP contribution in [-0.2, 0) is 0 Å². The lowest BCUT2D eigenvalue weighted by Gasteiger charge is -2.12. The molecule has 0 aliphatic heterocycles. The van der Waals surface area contributed by atoms with E-state index < -0.39 is 0 Å². The standard InChI is InChI=1S/C11H24S2/c1-5-7-8-9-11(4)13-12-10(3)6-2/h10-11H,5-9H2,1-4H3. The van der Waals surface area contributed by atoms with E-state index in [9.17, 15) is 0 Å². The van der Waals surface area contributed by atoms with Crippen LogP contribution in [0.3, 0.4) is 0 Å². The van der Waals surface area contributed by atoms with E-state index >= 15 is 0 Å². The molecule has 0 saturated heterocycles. The predicted octanol–water partition coefficient (Wildman–Crippen LogP) is 5.14. The van der Waals surface area contributed by atoms with Gasteiger partial charge in [-0.15, -0.1) is 0 Å². The van der Waals surface area contributed by atoms with Crippen LogP contribution in [0.2, 0.25) is 0 Å². The molecule has 0 amide bonds. The molecule has 80 valence electrons. The molecule has 0 aliphatic rings. The normalized spacial score (nSPS) is 15.7. The molecule has 0 aromatic heterocycles. The van der Waals surface area contributed by atoms with Crippen molar-refractivity contribution in [3.63, 3.8) is 0 Å². The van der Waals surface area contributed by atoms with Gasteiger partial charge in [-0.1, -0.05) is 68.5 Å². The van der Waals surface area contributed by atoms with Crippen LogP contribution in [-0.4, -0.2) is 10.5 Å². The first-order chi connectivity index (χ1) is 6.20. The number of hydrogen-bond donors (Lipinski definition) is 0. The summed E-state index contributed by atoms with van der Waals surface area (Å²) in [5.41, 5.74) is 0. The summed E-state index contributed by atoms with van der Waals surface area (Å²) >= 11 is 0. The molecule has 13 heavy (non-hydrogen) atoms. The summed E-state index contributed by atoms with van der Waals surface area (Å²) in [5.74, 6) is 0. The van der Waals surface area contributed by atoms with E-state index in [1.165, 1.54) is 32.1 Å². The first-order valence-corrected chi connectivity index (χ1v) is 7.80. The maximum absolute atomic E-state index is 2.36. The van der Waals surface area contributed by atoms with E-state index in [1.807, 2.05) is 0 Å². The Morgan fingerprint density at radius 1 is 0.923 bits per heavy atom. The van der Waals surface area contributed by atoms with Crippen molar-refractivity contribution < 1.29 is 0 Å². The molecule has 2 atom stereocenters. The molecule has 0 bridgehead atoms. The summed E-state index contributed by atoms with van der Waals surface area (Å²) in [6.07, 6.45) is 6.84. The van der Waals surface area contributed by atoms with E-state index in [0.29, 0.717) is 0 Å². The average molecular weight is 220 g/mol. The van der Waals surface area contributed by atoms with Gasteiger partial charge in [-0.3, -0.25) is 0 Å². The quantitative estimate of drug-likeness (QED) is 0.410. The fraction of sp³-hybridized carbons (Fsp3) is 1.00. The zero-order chi connectivity index (χ0) is 10.1. The van der Waals surface area contributed by atoms with Crippen LogP contribution in [0.15, 0.2) is 0 Å². The molecule has 0 aromatic rings. The Labute approximate surface area is 92.0 Å². The van der Waals surface area contributed by atoms with Gasteiger partial charge >= 0.3 is 0 Å². The summed E-state index contributed by atoms with van der Waals surface area (Å²) in [6.45, 7) is 9.21. The third-order valence-corrected chi connectivity index (χ3v) is 5.81. The van der Waals surface area contributed by atoms with Crippen LogP contribution in [0.4, 0.5) is 0 Å². The Balaban J connectivity index is 3.24. The zero-order valence-electron chi connectivity index (χ0n) is 9.51. The lowest BCUT2D eigenvalue weighted by molar-refractivity contribution is 0.665. The van der Waals surface area contributed by atoms with Gasteiger partial charge in [0.15, 0.2) is 0 Å². The minimum absolute atomic E-state index is 0.818. The molecule has 0 saturated carbocycles. The van der Waals surface area contributed by atoms with Crippen LogP contribution in [0.1, 0.15) is 59.8 Å². The van der Waals surface area contributed by atoms with Crippen LogP contribution in [0.5, 0.6) is 0 Å². The Morgan fingerprint density at radius 3 is 2.08 bits per heavy atom. The van der Waals surface area contributed by atoms with Crippen molar-refractivity contribution in [1.82, 2.24) is 0 Å². The maximum atomic E-state index is 2.36. The molecule has 0 spiro atoms. The van der Waals surface area contributed by atoms with Crippen molar-refractivity contribution in [2.24, 2.45) is 0 Å². The first kappa shape index (κ1) is 13.7. The second-order valence-corrected chi connectivity index (χ2v) is 6.87. The molecule has 0 aliphatic carbocycles. The first-order valence-electron chi connectivity index (χ1n) is 5.52. The number of unbranched alkanes of at least 4 members (excludes halogenated alkanes) is 2. The van der Waals surface area contributed by atoms with Crippen LogP contribution in [0.25, 0.3) is 0 Å². The van der Waals surface area contributed by atoms with Gasteiger partial charge in [0, 0.05) is 10.5 Å². The SMILES string of the molecule is CCCCCC(C)SSC(C)CC. The second kappa shape index (κ2) is 9.26. The number of hydrogen-bond acceptors (Lipinski definition) is 2. The second-order valence-electron chi connectivity index (χ2n) is 3.72. The highest BCUT2D eigenvalue weighted by Gasteiger charge is 2.05. The van der Waals surface area contributed by atoms with Gasteiger partial charge in [0.1, 0.15) is 0 Å². The van der Waals surface area contributed by atoms with Crippen molar-refractivity contribution in [2.75, 3.05) is 0 Å². The van der Waals surface area contributed by atoms with Crippen molar-refractivity contribution in [2.45, 2.75) is 70.3 Å². The molecular formula is C11H24S2. The zero-order valence-corrected chi connectivity index (χ0v) is 11.1. The minimum atomic E-state index is 0.818. The topological polar surface area (TPSA) is 0 Å². The van der Waals surface area contributed by atoms with E-state index in [-0.39, 0.29) is 0 Å². The van der Waals surface area contributed by atoms with E-state index in [4.69, 9.17) is 0 Å². The van der Waals surface area contributed by atoms with Gasteiger partial charge in [0.25, 0.3) is 0 Å². The van der Waals surface area contributed by atoms with Gasteiger partial charge in [-0.25, -0.2) is 0 Å². The lowest BCUT2D eigenvalue weighted by Crippen LogP contribution is -1.96. The minimum Gasteiger partial charge on any atom is -0.0908 e. The molecule has 0 nitrogen and oxygen atoms in total. The lowest BCUT2D eigenvalue weighted by atomic mass is 10.2. The highest BCUT2D eigenvalue weighted by atomic mass is 33.1. The Bertz CT molecular complexity index is 104. The molecular weight excluding hydrogens is 196 g/mol. The molecule has 0 fully saturated rings. The molecule has 0 heterocycles. The highest BCUT2D eigenvalue weighted by Crippen LogP contribution is 2.34. The third kappa shape index (κ3) is 9.01. The summed E-state index contributed by atoms with van der Waals surface area (Å²) in [7, 11) is 4.14. The van der Waals surface area contributed by atoms with Crippen LogP contribution in [0, 0.1) is 0 Å². The molecule has 0 rings (SSSR count). The van der Waals surface area contributed by atoms with Crippen LogP contribution < -0.4 is 0 Å². The van der Waals surface area contributed by atoms with E-state index in [0.717, 1.165) is 10.5 Å². The van der Waals surface area contributed by atoms with Gasteiger partial charge < -0.3 is 0 Å². The molecule has 2 heteroatoms.